The minimum absolute atomic E-state index is 0.132. The summed E-state index contributed by atoms with van der Waals surface area (Å²) >= 11 is 0. The molecule has 1 amide bonds. The molecule has 4 nitrogen and oxygen atoms in total. The monoisotopic (exact) mass is 284 g/mol. The van der Waals surface area contributed by atoms with Gasteiger partial charge in [-0.2, -0.15) is 0 Å². The zero-order valence-corrected chi connectivity index (χ0v) is 13.1. The predicted octanol–water partition coefficient (Wildman–Crippen LogP) is 2.62. The van der Waals surface area contributed by atoms with Gasteiger partial charge in [-0.1, -0.05) is 39.0 Å². The van der Waals surface area contributed by atoms with Crippen LogP contribution in [0.1, 0.15) is 64.7 Å². The van der Waals surface area contributed by atoms with Crippen molar-refractivity contribution in [2.24, 2.45) is 0 Å². The van der Waals surface area contributed by atoms with Gasteiger partial charge < -0.3 is 15.4 Å². The van der Waals surface area contributed by atoms with Gasteiger partial charge in [0.15, 0.2) is 0 Å². The van der Waals surface area contributed by atoms with E-state index in [2.05, 4.69) is 17.6 Å². The van der Waals surface area contributed by atoms with Crippen LogP contribution in [0.4, 0.5) is 0 Å². The summed E-state index contributed by atoms with van der Waals surface area (Å²) in [6.45, 7) is 5.68. The van der Waals surface area contributed by atoms with Crippen LogP contribution < -0.4 is 10.6 Å². The lowest BCUT2D eigenvalue weighted by atomic mass is 10.1. The molecule has 0 spiro atoms. The summed E-state index contributed by atoms with van der Waals surface area (Å²) in [6.07, 6.45) is 10.6. The van der Waals surface area contributed by atoms with E-state index in [4.69, 9.17) is 4.74 Å². The smallest absolute Gasteiger partial charge is 0.222 e. The van der Waals surface area contributed by atoms with Gasteiger partial charge in [-0.3, -0.25) is 4.79 Å². The van der Waals surface area contributed by atoms with Crippen molar-refractivity contribution < 1.29 is 9.53 Å². The molecule has 0 atom stereocenters. The van der Waals surface area contributed by atoms with Crippen molar-refractivity contribution in [3.8, 4) is 0 Å². The third-order valence-corrected chi connectivity index (χ3v) is 3.82. The molecule has 0 aromatic carbocycles. The second-order valence-corrected chi connectivity index (χ2v) is 5.69. The molecule has 20 heavy (non-hydrogen) atoms. The molecule has 0 unspecified atom stereocenters. The second kappa shape index (κ2) is 12.2. The Bertz CT molecular complexity index is 241. The van der Waals surface area contributed by atoms with Gasteiger partial charge in [0.25, 0.3) is 0 Å². The quantitative estimate of drug-likeness (QED) is 0.573. The maximum atomic E-state index is 11.6. The van der Waals surface area contributed by atoms with E-state index in [0.717, 1.165) is 38.9 Å². The first kappa shape index (κ1) is 17.4. The summed E-state index contributed by atoms with van der Waals surface area (Å²) in [5, 5.41) is 6.29. The zero-order chi connectivity index (χ0) is 14.5. The molecule has 4 heteroatoms. The van der Waals surface area contributed by atoms with Crippen molar-refractivity contribution in [1.29, 1.82) is 0 Å². The Balaban J connectivity index is 1.85. The summed E-state index contributed by atoms with van der Waals surface area (Å²) in [7, 11) is 0. The van der Waals surface area contributed by atoms with Crippen molar-refractivity contribution in [2.75, 3.05) is 26.2 Å². The van der Waals surface area contributed by atoms with Crippen LogP contribution in [-0.2, 0) is 9.53 Å². The Hall–Kier alpha value is -0.610. The fourth-order valence-electron chi connectivity index (χ4n) is 2.50. The summed E-state index contributed by atoms with van der Waals surface area (Å²) in [4.78, 5) is 11.6. The molecule has 118 valence electrons. The fourth-order valence-corrected chi connectivity index (χ4v) is 2.50. The van der Waals surface area contributed by atoms with Crippen molar-refractivity contribution in [3.63, 3.8) is 0 Å². The summed E-state index contributed by atoms with van der Waals surface area (Å²) in [5.74, 6) is 0.132. The van der Waals surface area contributed by atoms with Gasteiger partial charge in [0.2, 0.25) is 5.91 Å². The number of unbranched alkanes of at least 4 members (excludes halogenated alkanes) is 5. The van der Waals surface area contributed by atoms with Crippen LogP contribution in [0.2, 0.25) is 0 Å². The molecule has 0 saturated carbocycles. The average molecular weight is 284 g/mol. The first-order chi connectivity index (χ1) is 9.83. The van der Waals surface area contributed by atoms with Crippen molar-refractivity contribution >= 4 is 5.91 Å². The van der Waals surface area contributed by atoms with Crippen LogP contribution in [0.5, 0.6) is 0 Å². The van der Waals surface area contributed by atoms with Crippen molar-refractivity contribution in [2.45, 2.75) is 70.8 Å². The van der Waals surface area contributed by atoms with Gasteiger partial charge in [-0.25, -0.2) is 0 Å². The molecule has 1 saturated heterocycles. The Kier molecular flexibility index (Phi) is 10.6. The molecule has 1 aliphatic rings. The number of carbonyl (C=O) groups is 1. The molecular weight excluding hydrogens is 252 g/mol. The highest BCUT2D eigenvalue weighted by Gasteiger charge is 2.13. The topological polar surface area (TPSA) is 50.4 Å². The van der Waals surface area contributed by atoms with E-state index in [9.17, 15) is 4.79 Å². The molecule has 0 radical (unpaired) electrons. The standard InChI is InChI=1S/C16H32N2O2/c1-2-3-4-5-6-7-11-18-16(19)10-14-20-15-8-12-17-13-9-15/h15,17H,2-14H2,1H3,(H,18,19). The number of nitrogens with one attached hydrogen (secondary N) is 2. The molecule has 2 N–H and O–H groups in total. The van der Waals surface area contributed by atoms with Gasteiger partial charge in [0.05, 0.1) is 12.7 Å². The normalized spacial score (nSPS) is 16.2. The van der Waals surface area contributed by atoms with Crippen LogP contribution in [0.3, 0.4) is 0 Å². The van der Waals surface area contributed by atoms with E-state index < -0.39 is 0 Å². The molecular formula is C16H32N2O2. The van der Waals surface area contributed by atoms with E-state index in [-0.39, 0.29) is 5.91 Å². The van der Waals surface area contributed by atoms with E-state index in [0.29, 0.717) is 19.1 Å². The van der Waals surface area contributed by atoms with Crippen molar-refractivity contribution in [3.05, 3.63) is 0 Å². The Morgan fingerprint density at radius 1 is 1.15 bits per heavy atom. The van der Waals surface area contributed by atoms with E-state index in [1.165, 1.54) is 32.1 Å². The van der Waals surface area contributed by atoms with Gasteiger partial charge in [0, 0.05) is 13.0 Å². The lowest BCUT2D eigenvalue weighted by Crippen LogP contribution is -2.33. The maximum Gasteiger partial charge on any atom is 0.222 e. The second-order valence-electron chi connectivity index (χ2n) is 5.69. The average Bonchev–Trinajstić information content (AvgIpc) is 2.47. The Labute approximate surface area is 124 Å². The molecule has 1 fully saturated rings. The first-order valence-corrected chi connectivity index (χ1v) is 8.42. The third-order valence-electron chi connectivity index (χ3n) is 3.82. The van der Waals surface area contributed by atoms with Gasteiger partial charge >= 0.3 is 0 Å². The molecule has 0 bridgehead atoms. The van der Waals surface area contributed by atoms with Crippen LogP contribution in [0.25, 0.3) is 0 Å². The number of rotatable bonds is 11. The lowest BCUT2D eigenvalue weighted by Gasteiger charge is -2.22. The molecule has 1 heterocycles. The molecule has 0 aromatic rings. The SMILES string of the molecule is CCCCCCCCNC(=O)CCOC1CCNCC1. The number of carbonyl (C=O) groups excluding carboxylic acids is 1. The Morgan fingerprint density at radius 2 is 1.85 bits per heavy atom. The number of hydrogen-bond donors (Lipinski definition) is 2. The first-order valence-electron chi connectivity index (χ1n) is 8.42. The zero-order valence-electron chi connectivity index (χ0n) is 13.1. The van der Waals surface area contributed by atoms with E-state index in [1.54, 1.807) is 0 Å². The summed E-state index contributed by atoms with van der Waals surface area (Å²) in [5.41, 5.74) is 0. The minimum atomic E-state index is 0.132. The highest BCUT2D eigenvalue weighted by molar-refractivity contribution is 5.75. The van der Waals surface area contributed by atoms with Crippen LogP contribution >= 0.6 is 0 Å². The van der Waals surface area contributed by atoms with Crippen LogP contribution in [0.15, 0.2) is 0 Å². The lowest BCUT2D eigenvalue weighted by molar-refractivity contribution is -0.122. The fraction of sp³-hybridized carbons (Fsp3) is 0.938. The van der Waals surface area contributed by atoms with Crippen LogP contribution in [-0.4, -0.2) is 38.3 Å². The molecule has 0 aliphatic carbocycles. The summed E-state index contributed by atoms with van der Waals surface area (Å²) < 4.78 is 5.72. The number of hydrogen-bond acceptors (Lipinski definition) is 3. The van der Waals surface area contributed by atoms with Gasteiger partial charge in [-0.15, -0.1) is 0 Å². The van der Waals surface area contributed by atoms with Crippen molar-refractivity contribution in [1.82, 2.24) is 10.6 Å². The number of piperidine rings is 1. The largest absolute Gasteiger partial charge is 0.378 e. The third kappa shape index (κ3) is 9.32. The highest BCUT2D eigenvalue weighted by atomic mass is 16.5. The molecule has 1 rings (SSSR count). The highest BCUT2D eigenvalue weighted by Crippen LogP contribution is 2.07. The van der Waals surface area contributed by atoms with Gasteiger partial charge in [0.1, 0.15) is 0 Å². The number of amides is 1. The Morgan fingerprint density at radius 3 is 2.60 bits per heavy atom. The minimum Gasteiger partial charge on any atom is -0.378 e. The molecule has 1 aliphatic heterocycles. The van der Waals surface area contributed by atoms with Gasteiger partial charge in [-0.05, 0) is 32.4 Å². The number of ether oxygens (including phenoxy) is 1. The van der Waals surface area contributed by atoms with E-state index in [1.807, 2.05) is 0 Å². The summed E-state index contributed by atoms with van der Waals surface area (Å²) in [6, 6.07) is 0. The predicted molar refractivity (Wildman–Crippen MR) is 82.8 cm³/mol. The maximum absolute atomic E-state index is 11.6. The molecule has 0 aromatic heterocycles. The van der Waals surface area contributed by atoms with Crippen LogP contribution in [0, 0.1) is 0 Å². The van der Waals surface area contributed by atoms with E-state index >= 15 is 0 Å².